The maximum atomic E-state index is 13.8. The van der Waals surface area contributed by atoms with Crippen LogP contribution in [0.25, 0.3) is 16.6 Å². The molecule has 0 saturated carbocycles. The highest BCUT2D eigenvalue weighted by molar-refractivity contribution is 6.35. The summed E-state index contributed by atoms with van der Waals surface area (Å²) in [6.07, 6.45) is 2.25. The van der Waals surface area contributed by atoms with Crippen molar-refractivity contribution in [3.63, 3.8) is 0 Å². The lowest BCUT2D eigenvalue weighted by atomic mass is 10.2. The molecule has 2 heterocycles. The number of rotatable bonds is 5. The summed E-state index contributed by atoms with van der Waals surface area (Å²) in [5, 5.41) is 8.84. The van der Waals surface area contributed by atoms with Crippen molar-refractivity contribution in [2.75, 3.05) is 10.6 Å². The standard InChI is InChI=1S/C27H26Cl2N6O4/c1-15(31-26(38)39-27(2,3)4)23-33-21-10-6-9-18(28)22(21)24(36)35(23)17-8-5-7-16(13-17)32-25(37)34-20-11-12-30-14-19(20)29/h5-15H,1-4H3,(H,31,38)(H2,30,32,34,37)/t15-/m0/s1. The van der Waals surface area contributed by atoms with Crippen molar-refractivity contribution < 1.29 is 14.3 Å². The number of aromatic nitrogens is 3. The molecule has 0 radical (unpaired) electrons. The van der Waals surface area contributed by atoms with Gasteiger partial charge < -0.3 is 20.7 Å². The van der Waals surface area contributed by atoms with Crippen molar-refractivity contribution in [3.05, 3.63) is 87.1 Å². The number of anilines is 2. The predicted molar refractivity (Wildman–Crippen MR) is 152 cm³/mol. The molecule has 3 N–H and O–H groups in total. The summed E-state index contributed by atoms with van der Waals surface area (Å²) >= 11 is 12.5. The van der Waals surface area contributed by atoms with Crippen molar-refractivity contribution in [3.8, 4) is 5.69 Å². The highest BCUT2D eigenvalue weighted by atomic mass is 35.5. The number of halogens is 2. The minimum absolute atomic E-state index is 0.218. The van der Waals surface area contributed by atoms with Crippen LogP contribution in [0.1, 0.15) is 39.6 Å². The highest BCUT2D eigenvalue weighted by Crippen LogP contribution is 2.25. The van der Waals surface area contributed by atoms with E-state index in [1.807, 2.05) is 0 Å². The number of pyridine rings is 1. The molecule has 0 saturated heterocycles. The largest absolute Gasteiger partial charge is 0.444 e. The molecule has 2 aromatic heterocycles. The predicted octanol–water partition coefficient (Wildman–Crippen LogP) is 6.32. The molecule has 10 nitrogen and oxygen atoms in total. The van der Waals surface area contributed by atoms with Gasteiger partial charge in [-0.1, -0.05) is 35.3 Å². The molecule has 0 aliphatic heterocycles. The van der Waals surface area contributed by atoms with E-state index in [9.17, 15) is 14.4 Å². The third-order valence-electron chi connectivity index (χ3n) is 5.38. The minimum atomic E-state index is -0.732. The molecule has 0 bridgehead atoms. The SMILES string of the molecule is C[C@H](NC(=O)OC(C)(C)C)c1nc2cccc(Cl)c2c(=O)n1-c1cccc(NC(=O)Nc2ccncc2Cl)c1. The zero-order valence-electron chi connectivity index (χ0n) is 21.6. The molecule has 4 aromatic rings. The number of urea groups is 1. The van der Waals surface area contributed by atoms with Crippen LogP contribution in [0.3, 0.4) is 0 Å². The smallest absolute Gasteiger partial charge is 0.408 e. The number of benzene rings is 2. The van der Waals surface area contributed by atoms with Gasteiger partial charge in [-0.05, 0) is 64.1 Å². The van der Waals surface area contributed by atoms with E-state index in [1.165, 1.54) is 17.0 Å². The molecule has 202 valence electrons. The average molecular weight is 569 g/mol. The molecule has 2 aromatic carbocycles. The molecule has 1 atom stereocenters. The summed E-state index contributed by atoms with van der Waals surface area (Å²) < 4.78 is 6.72. The molecule has 12 heteroatoms. The fraction of sp³-hybridized carbons (Fsp3) is 0.222. The lowest BCUT2D eigenvalue weighted by molar-refractivity contribution is 0.0505. The van der Waals surface area contributed by atoms with Crippen LogP contribution in [-0.2, 0) is 4.74 Å². The number of hydrogen-bond donors (Lipinski definition) is 3. The zero-order chi connectivity index (χ0) is 28.3. The number of alkyl carbamates (subject to hydrolysis) is 1. The molecule has 39 heavy (non-hydrogen) atoms. The van der Waals surface area contributed by atoms with Gasteiger partial charge in [-0.2, -0.15) is 0 Å². The Kier molecular flexibility index (Phi) is 8.08. The normalized spacial score (nSPS) is 12.1. The Morgan fingerprint density at radius 3 is 2.49 bits per heavy atom. The minimum Gasteiger partial charge on any atom is -0.444 e. The van der Waals surface area contributed by atoms with Gasteiger partial charge in [-0.3, -0.25) is 14.3 Å². The van der Waals surface area contributed by atoms with E-state index >= 15 is 0 Å². The van der Waals surface area contributed by atoms with Crippen LogP contribution in [0.4, 0.5) is 21.0 Å². The fourth-order valence-electron chi connectivity index (χ4n) is 3.78. The first-order chi connectivity index (χ1) is 18.4. The number of hydrogen-bond acceptors (Lipinski definition) is 6. The summed E-state index contributed by atoms with van der Waals surface area (Å²) in [5.74, 6) is 0.241. The van der Waals surface area contributed by atoms with Crippen molar-refractivity contribution in [1.29, 1.82) is 0 Å². The van der Waals surface area contributed by atoms with Crippen LogP contribution >= 0.6 is 23.2 Å². The van der Waals surface area contributed by atoms with Crippen LogP contribution in [0, 0.1) is 0 Å². The van der Waals surface area contributed by atoms with Gasteiger partial charge in [0.25, 0.3) is 5.56 Å². The summed E-state index contributed by atoms with van der Waals surface area (Å²) in [5.41, 5.74) is 0.383. The van der Waals surface area contributed by atoms with Crippen LogP contribution in [-0.4, -0.2) is 32.3 Å². The summed E-state index contributed by atoms with van der Waals surface area (Å²) in [6.45, 7) is 6.94. The quantitative estimate of drug-likeness (QED) is 0.258. The maximum Gasteiger partial charge on any atom is 0.408 e. The molecule has 0 spiro atoms. The zero-order valence-corrected chi connectivity index (χ0v) is 23.1. The van der Waals surface area contributed by atoms with Crippen LogP contribution in [0.5, 0.6) is 0 Å². The van der Waals surface area contributed by atoms with Gasteiger partial charge in [-0.25, -0.2) is 14.6 Å². The van der Waals surface area contributed by atoms with Crippen molar-refractivity contribution in [2.24, 2.45) is 0 Å². The van der Waals surface area contributed by atoms with Gasteiger partial charge in [0.05, 0.1) is 38.4 Å². The Morgan fingerprint density at radius 2 is 1.77 bits per heavy atom. The Balaban J connectivity index is 1.73. The summed E-state index contributed by atoms with van der Waals surface area (Å²) in [6, 6.07) is 11.9. The third kappa shape index (κ3) is 6.65. The maximum absolute atomic E-state index is 13.8. The van der Waals surface area contributed by atoms with Gasteiger partial charge in [-0.15, -0.1) is 0 Å². The van der Waals surface area contributed by atoms with Gasteiger partial charge in [0, 0.05) is 18.1 Å². The molecule has 0 aliphatic rings. The van der Waals surface area contributed by atoms with E-state index < -0.39 is 29.3 Å². The van der Waals surface area contributed by atoms with E-state index in [0.717, 1.165) is 0 Å². The van der Waals surface area contributed by atoms with Crippen LogP contribution < -0.4 is 21.5 Å². The van der Waals surface area contributed by atoms with E-state index in [0.29, 0.717) is 22.6 Å². The summed E-state index contributed by atoms with van der Waals surface area (Å²) in [7, 11) is 0. The molecule has 4 rings (SSSR count). The van der Waals surface area contributed by atoms with E-state index in [-0.39, 0.29) is 21.3 Å². The second kappa shape index (κ2) is 11.3. The Hall–Kier alpha value is -4.15. The first-order valence-corrected chi connectivity index (χ1v) is 12.7. The molecule has 0 unspecified atom stereocenters. The van der Waals surface area contributed by atoms with Gasteiger partial charge in [0.1, 0.15) is 11.4 Å². The average Bonchev–Trinajstić information content (AvgIpc) is 2.84. The lowest BCUT2D eigenvalue weighted by Crippen LogP contribution is -2.37. The lowest BCUT2D eigenvalue weighted by Gasteiger charge is -2.23. The second-order valence-corrected chi connectivity index (χ2v) is 10.4. The molecular weight excluding hydrogens is 543 g/mol. The number of amides is 3. The van der Waals surface area contributed by atoms with Crippen molar-refractivity contribution >= 4 is 57.6 Å². The highest BCUT2D eigenvalue weighted by Gasteiger charge is 2.23. The second-order valence-electron chi connectivity index (χ2n) is 9.60. The van der Waals surface area contributed by atoms with Gasteiger partial charge in [0.2, 0.25) is 0 Å². The number of nitrogens with zero attached hydrogens (tertiary/aromatic N) is 3. The molecule has 0 fully saturated rings. The number of nitrogens with one attached hydrogen (secondary N) is 3. The molecule has 3 amide bonds. The number of fused-ring (bicyclic) bond motifs is 1. The first kappa shape index (κ1) is 27.9. The van der Waals surface area contributed by atoms with E-state index in [1.54, 1.807) is 76.2 Å². The number of carbonyl (C=O) groups is 2. The third-order valence-corrected chi connectivity index (χ3v) is 5.99. The Morgan fingerprint density at radius 1 is 1.03 bits per heavy atom. The van der Waals surface area contributed by atoms with Gasteiger partial charge in [0.15, 0.2) is 0 Å². The molecule has 0 aliphatic carbocycles. The topological polar surface area (TPSA) is 127 Å². The Bertz CT molecular complexity index is 1620. The molecular formula is C27H26Cl2N6O4. The Labute approximate surface area is 234 Å². The number of carbonyl (C=O) groups excluding carboxylic acids is 2. The van der Waals surface area contributed by atoms with Crippen LogP contribution in [0.15, 0.2) is 65.7 Å². The number of ether oxygens (including phenoxy) is 1. The van der Waals surface area contributed by atoms with Crippen LogP contribution in [0.2, 0.25) is 10.0 Å². The van der Waals surface area contributed by atoms with Crippen molar-refractivity contribution in [1.82, 2.24) is 19.9 Å². The van der Waals surface area contributed by atoms with Crippen molar-refractivity contribution in [2.45, 2.75) is 39.3 Å². The van der Waals surface area contributed by atoms with E-state index in [2.05, 4.69) is 25.9 Å². The van der Waals surface area contributed by atoms with E-state index in [4.69, 9.17) is 27.9 Å². The first-order valence-electron chi connectivity index (χ1n) is 11.9. The monoisotopic (exact) mass is 568 g/mol. The summed E-state index contributed by atoms with van der Waals surface area (Å²) in [4.78, 5) is 47.5. The fourth-order valence-corrected chi connectivity index (χ4v) is 4.20. The van der Waals surface area contributed by atoms with Gasteiger partial charge >= 0.3 is 12.1 Å².